The molecule has 0 saturated carbocycles. The molecule has 0 aliphatic heterocycles. The first-order valence-electron chi connectivity index (χ1n) is 38.8. The highest BCUT2D eigenvalue weighted by Gasteiger charge is 2.09. The Hall–Kier alpha value is -1.08. The monoisotopic (exact) mass is 1480 g/mol. The number of rotatable bonds is 67. The molecular weight excluding hydrogens is 1320 g/mol. The van der Waals surface area contributed by atoms with Gasteiger partial charge < -0.3 is 30.6 Å². The molecule has 0 saturated heterocycles. The lowest BCUT2D eigenvalue weighted by atomic mass is 10.1. The molecule has 0 heterocycles. The summed E-state index contributed by atoms with van der Waals surface area (Å²) in [5.74, 6) is 6.32. The van der Waals surface area contributed by atoms with Crippen molar-refractivity contribution >= 4 is 106 Å². The SMILES string of the molecule is CC(C)(C)SCCCCCCCCCCC(=O)O.CC(C)SCCCCCCCC(=O)O.CC(C)SCCCCCCCCCC(=O)O.CCCSCCCCCCCCCCCCCC(=O)O.CCSCCCCCCCCCC(=O)O.CSCCCCCCCCC(=O)O. The zero-order valence-electron chi connectivity index (χ0n) is 64.0. The molecule has 0 spiro atoms. The van der Waals surface area contributed by atoms with E-state index in [4.69, 9.17) is 30.6 Å². The number of unbranched alkanes of at least 4 members (excludes halogenated alkanes) is 38. The molecule has 12 nitrogen and oxygen atoms in total. The van der Waals surface area contributed by atoms with Gasteiger partial charge in [-0.3, -0.25) is 28.8 Å². The maximum Gasteiger partial charge on any atom is 0.303 e. The number of hydrogen-bond donors (Lipinski definition) is 6. The maximum absolute atomic E-state index is 10.3. The zero-order valence-corrected chi connectivity index (χ0v) is 68.9. The average Bonchev–Trinajstić information content (AvgIpc) is 3.59. The van der Waals surface area contributed by atoms with E-state index >= 15 is 0 Å². The number of aliphatic carboxylic acids is 6. The van der Waals surface area contributed by atoms with Gasteiger partial charge in [-0.1, -0.05) is 268 Å². The van der Waals surface area contributed by atoms with Crippen LogP contribution in [0.15, 0.2) is 0 Å². The summed E-state index contributed by atoms with van der Waals surface area (Å²) in [6.07, 6.45) is 58.7. The summed E-state index contributed by atoms with van der Waals surface area (Å²) >= 11 is 12.1. The fourth-order valence-electron chi connectivity index (χ4n) is 9.68. The van der Waals surface area contributed by atoms with Crippen molar-refractivity contribution in [1.82, 2.24) is 0 Å². The number of carboxylic acids is 6. The third-order valence-corrected chi connectivity index (χ3v) is 21.9. The van der Waals surface area contributed by atoms with Gasteiger partial charge >= 0.3 is 35.8 Å². The Balaban J connectivity index is -0.000000255. The predicted molar refractivity (Wildman–Crippen MR) is 433 cm³/mol. The molecular formula is C78H156O12S6. The van der Waals surface area contributed by atoms with Crippen LogP contribution in [-0.4, -0.2) is 134 Å². The van der Waals surface area contributed by atoms with E-state index in [0.717, 1.165) is 87.5 Å². The van der Waals surface area contributed by atoms with Gasteiger partial charge in [0.2, 0.25) is 0 Å². The predicted octanol–water partition coefficient (Wildman–Crippen LogP) is 26.0. The first kappa shape index (κ1) is 106. The average molecular weight is 1480 g/mol. The van der Waals surface area contributed by atoms with Crippen LogP contribution in [0.4, 0.5) is 0 Å². The number of thioether (sulfide) groups is 6. The topological polar surface area (TPSA) is 224 Å². The Morgan fingerprint density at radius 1 is 0.271 bits per heavy atom. The molecule has 0 aromatic heterocycles. The van der Waals surface area contributed by atoms with Gasteiger partial charge in [0, 0.05) is 43.3 Å². The van der Waals surface area contributed by atoms with E-state index in [1.54, 1.807) is 0 Å². The van der Waals surface area contributed by atoms with Gasteiger partial charge in [0.1, 0.15) is 0 Å². The van der Waals surface area contributed by atoms with Crippen LogP contribution in [0.3, 0.4) is 0 Å². The molecule has 0 aliphatic rings. The fourth-order valence-corrected chi connectivity index (χ4v) is 14.4. The Labute approximate surface area is 618 Å². The van der Waals surface area contributed by atoms with Crippen molar-refractivity contribution in [1.29, 1.82) is 0 Å². The third kappa shape index (κ3) is 133. The van der Waals surface area contributed by atoms with Crippen molar-refractivity contribution in [2.75, 3.05) is 52.3 Å². The summed E-state index contributed by atoms with van der Waals surface area (Å²) < 4.78 is 0.407. The van der Waals surface area contributed by atoms with Crippen LogP contribution >= 0.6 is 70.6 Å². The van der Waals surface area contributed by atoms with Crippen LogP contribution in [0.2, 0.25) is 0 Å². The van der Waals surface area contributed by atoms with Crippen molar-refractivity contribution in [2.24, 2.45) is 0 Å². The van der Waals surface area contributed by atoms with E-state index in [9.17, 15) is 28.8 Å². The molecule has 96 heavy (non-hydrogen) atoms. The zero-order chi connectivity index (χ0) is 73.1. The Bertz CT molecular complexity index is 1590. The second kappa shape index (κ2) is 91.9. The summed E-state index contributed by atoms with van der Waals surface area (Å²) in [5.41, 5.74) is 0. The van der Waals surface area contributed by atoms with Gasteiger partial charge in [-0.2, -0.15) is 70.6 Å². The van der Waals surface area contributed by atoms with Crippen LogP contribution in [0, 0.1) is 0 Å². The minimum Gasteiger partial charge on any atom is -0.481 e. The maximum atomic E-state index is 10.3. The molecule has 18 heteroatoms. The van der Waals surface area contributed by atoms with Crippen molar-refractivity contribution in [3.8, 4) is 0 Å². The molecule has 576 valence electrons. The van der Waals surface area contributed by atoms with Crippen molar-refractivity contribution in [3.05, 3.63) is 0 Å². The minimum atomic E-state index is -0.666. The molecule has 0 aromatic rings. The number of hydrogen-bond acceptors (Lipinski definition) is 12. The lowest BCUT2D eigenvalue weighted by Crippen LogP contribution is -2.08. The molecule has 0 radical (unpaired) electrons. The smallest absolute Gasteiger partial charge is 0.303 e. The minimum absolute atomic E-state index is 0.334. The Kier molecular flexibility index (Phi) is 101. The second-order valence-corrected chi connectivity index (χ2v) is 35.9. The van der Waals surface area contributed by atoms with Crippen molar-refractivity contribution in [2.45, 2.75) is 405 Å². The van der Waals surface area contributed by atoms with Gasteiger partial charge in [0.25, 0.3) is 0 Å². The fraction of sp³-hybridized carbons (Fsp3) is 0.923. The number of carbonyl (C=O) groups is 6. The number of carboxylic acid groups (broad SMARTS) is 6. The van der Waals surface area contributed by atoms with Gasteiger partial charge in [0.05, 0.1) is 0 Å². The van der Waals surface area contributed by atoms with Crippen molar-refractivity contribution < 1.29 is 59.4 Å². The molecule has 0 atom stereocenters. The van der Waals surface area contributed by atoms with E-state index in [0.29, 0.717) is 43.3 Å². The Morgan fingerprint density at radius 3 is 0.667 bits per heavy atom. The molecule has 0 aliphatic carbocycles. The second-order valence-electron chi connectivity index (χ2n) is 27.0. The molecule has 0 rings (SSSR count). The first-order valence-corrected chi connectivity index (χ1v) is 45.6. The summed E-state index contributed by atoms with van der Waals surface area (Å²) in [6, 6.07) is 0. The molecule has 0 aromatic carbocycles. The van der Waals surface area contributed by atoms with Crippen LogP contribution in [-0.2, 0) is 28.8 Å². The summed E-state index contributed by atoms with van der Waals surface area (Å²) in [7, 11) is 0. The van der Waals surface area contributed by atoms with Crippen molar-refractivity contribution in [3.63, 3.8) is 0 Å². The van der Waals surface area contributed by atoms with Gasteiger partial charge in [-0.25, -0.2) is 0 Å². The van der Waals surface area contributed by atoms with Crippen LogP contribution in [0.1, 0.15) is 390 Å². The lowest BCUT2D eigenvalue weighted by molar-refractivity contribution is -0.138. The van der Waals surface area contributed by atoms with Crippen LogP contribution < -0.4 is 0 Å². The van der Waals surface area contributed by atoms with Crippen LogP contribution in [0.25, 0.3) is 0 Å². The van der Waals surface area contributed by atoms with E-state index in [1.807, 2.05) is 47.0 Å². The lowest BCUT2D eigenvalue weighted by Gasteiger charge is -2.17. The molecule has 0 fully saturated rings. The van der Waals surface area contributed by atoms with E-state index in [-0.39, 0.29) is 0 Å². The highest BCUT2D eigenvalue weighted by atomic mass is 32.2. The van der Waals surface area contributed by atoms with Gasteiger partial charge in [-0.05, 0) is 146 Å². The van der Waals surface area contributed by atoms with E-state index in [2.05, 4.69) is 92.1 Å². The molecule has 0 bridgehead atoms. The summed E-state index contributed by atoms with van der Waals surface area (Å²) in [5, 5.41) is 52.2. The summed E-state index contributed by atoms with van der Waals surface area (Å²) in [4.78, 5) is 61.5. The largest absolute Gasteiger partial charge is 0.481 e. The highest BCUT2D eigenvalue weighted by Crippen LogP contribution is 2.25. The Morgan fingerprint density at radius 2 is 0.469 bits per heavy atom. The van der Waals surface area contributed by atoms with Gasteiger partial charge in [-0.15, -0.1) is 0 Å². The first-order chi connectivity index (χ1) is 46.0. The molecule has 0 amide bonds. The van der Waals surface area contributed by atoms with Gasteiger partial charge in [0.15, 0.2) is 0 Å². The molecule has 0 unspecified atom stereocenters. The van der Waals surface area contributed by atoms with E-state index < -0.39 is 35.8 Å². The summed E-state index contributed by atoms with van der Waals surface area (Å²) in [6.45, 7) is 20.2. The third-order valence-electron chi connectivity index (χ3n) is 15.2. The standard InChI is InChI=1S/C17H34O2S.C15H30O2S.C13H26O2S.C12H24O2S.C11H22O2S.C10H20O2S/c1-2-15-20-16-13-11-9-7-5-3-4-6-8-10-12-14-17(18)19;1-15(2,3)18-13-11-9-7-5-4-6-8-10-12-14(16)17;1-12(2)16-11-9-7-5-3-4-6-8-10-13(14)15;1-2-15-11-9-7-5-3-4-6-8-10-12(13)14;1-10(2)14-9-7-5-3-4-6-8-11(12)13;1-13-9-7-5-3-2-4-6-8-10(11)12/h2-16H2,1H3,(H,18,19);4-13H2,1-3H3,(H,16,17);12H,3-11H2,1-2H3,(H,14,15);2-11H2,1H3,(H,13,14);10H,3-9H2,1-2H3,(H,12,13);2-9H2,1H3,(H,11,12). The van der Waals surface area contributed by atoms with E-state index in [1.165, 1.54) is 258 Å². The normalized spacial score (nSPS) is 10.9. The molecule has 6 N–H and O–H groups in total. The van der Waals surface area contributed by atoms with Crippen LogP contribution in [0.5, 0.6) is 0 Å². The quantitative estimate of drug-likeness (QED) is 0.0312. The highest BCUT2D eigenvalue weighted by molar-refractivity contribution is 8.00.